The molecule has 1 unspecified atom stereocenters. The van der Waals surface area contributed by atoms with Crippen molar-refractivity contribution in [2.75, 3.05) is 13.6 Å². The molecule has 1 aliphatic heterocycles. The van der Waals surface area contributed by atoms with Gasteiger partial charge < -0.3 is 16.0 Å². The Morgan fingerprint density at radius 1 is 1.15 bits per heavy atom. The van der Waals surface area contributed by atoms with Crippen LogP contribution in [0.1, 0.15) is 114 Å². The number of hydrogen-bond acceptors (Lipinski definition) is 7. The minimum atomic E-state index is -0.648. The standard InChI is InChI=1S/C33H43FN2O2.C3H11N5/c1-7-32(5,6)26-15-19-33(20-16-26)35-29(25-9-8-10-27(34)21-25)30(38)36(33)28(17-18-31(2,3)4)24-13-11-23(22-37)12-14-24;1-6-2-3(4)7-8-5/h8-14,21-22,26,28H,7,15-20H2,1-6H3;6,8H,2,5H2,1H3,(H2,4,7). The number of benzene rings is 2. The molecule has 1 amide bonds. The third-order valence-electron chi connectivity index (χ3n) is 9.59. The van der Waals surface area contributed by atoms with Crippen LogP contribution in [0.3, 0.4) is 0 Å². The monoisotopic (exact) mass is 635 g/mol. The largest absolute Gasteiger partial charge is 0.385 e. The molecule has 0 aromatic heterocycles. The zero-order valence-electron chi connectivity index (χ0n) is 28.7. The first-order valence-electron chi connectivity index (χ1n) is 16.4. The molecule has 0 saturated heterocycles. The summed E-state index contributed by atoms with van der Waals surface area (Å²) in [6, 6.07) is 13.7. The van der Waals surface area contributed by atoms with Crippen molar-refractivity contribution >= 4 is 23.7 Å². The van der Waals surface area contributed by atoms with Crippen molar-refractivity contribution in [1.82, 2.24) is 15.8 Å². The molecule has 1 saturated carbocycles. The molecule has 2 aromatic carbocycles. The van der Waals surface area contributed by atoms with Gasteiger partial charge >= 0.3 is 0 Å². The summed E-state index contributed by atoms with van der Waals surface area (Å²) in [5, 5.41) is 6.27. The van der Waals surface area contributed by atoms with Crippen LogP contribution >= 0.6 is 0 Å². The van der Waals surface area contributed by atoms with E-state index in [2.05, 4.69) is 57.5 Å². The Labute approximate surface area is 274 Å². The van der Waals surface area contributed by atoms with Crippen LogP contribution in [0.5, 0.6) is 0 Å². The number of nitrogens with zero attached hydrogens (tertiary/aromatic N) is 3. The molecular formula is C36H54FN7O2. The first kappa shape index (κ1) is 36.8. The van der Waals surface area contributed by atoms with Crippen LogP contribution in [0.4, 0.5) is 4.39 Å². The number of carbonyl (C=O) groups excluding carboxylic acids is 2. The van der Waals surface area contributed by atoms with Gasteiger partial charge in [0.1, 0.15) is 29.3 Å². The molecule has 252 valence electrons. The fourth-order valence-corrected chi connectivity index (χ4v) is 6.49. The molecule has 1 aliphatic carbocycles. The quantitative estimate of drug-likeness (QED) is 0.0774. The van der Waals surface area contributed by atoms with E-state index in [1.165, 1.54) is 12.1 Å². The van der Waals surface area contributed by atoms with Crippen LogP contribution in [0, 0.1) is 22.6 Å². The Balaban J connectivity index is 0.000000637. The number of hydrazone groups is 1. The van der Waals surface area contributed by atoms with E-state index in [-0.39, 0.29) is 28.6 Å². The lowest BCUT2D eigenvalue weighted by Crippen LogP contribution is -2.51. The van der Waals surface area contributed by atoms with Crippen molar-refractivity contribution in [1.29, 1.82) is 0 Å². The van der Waals surface area contributed by atoms with Gasteiger partial charge in [-0.25, -0.2) is 15.8 Å². The van der Waals surface area contributed by atoms with E-state index in [9.17, 15) is 14.0 Å². The van der Waals surface area contributed by atoms with Crippen LogP contribution in [0.25, 0.3) is 0 Å². The highest BCUT2D eigenvalue weighted by molar-refractivity contribution is 6.46. The first-order chi connectivity index (χ1) is 21.7. The third kappa shape index (κ3) is 9.22. The molecule has 1 atom stereocenters. The highest BCUT2D eigenvalue weighted by Gasteiger charge is 2.53. The SMILES string of the molecule is CCC(C)(C)C1CCC2(CC1)N=C(c1cccc(F)c1)C(=O)N2C(CCC(C)(C)C)c1ccc(C=O)cc1.CNC/C(N)=N/NN. The molecule has 1 heterocycles. The Bertz CT molecular complexity index is 1370. The second kappa shape index (κ2) is 15.8. The van der Waals surface area contributed by atoms with Gasteiger partial charge in [0.05, 0.1) is 12.6 Å². The van der Waals surface area contributed by atoms with E-state index in [1.54, 1.807) is 19.2 Å². The van der Waals surface area contributed by atoms with Gasteiger partial charge in [-0.1, -0.05) is 84.4 Å². The van der Waals surface area contributed by atoms with Gasteiger partial charge in [0, 0.05) is 11.1 Å². The fraction of sp³-hybridized carbons (Fsp3) is 0.556. The maximum Gasteiger partial charge on any atom is 0.275 e. The molecule has 1 fully saturated rings. The lowest BCUT2D eigenvalue weighted by Gasteiger charge is -2.48. The predicted octanol–water partition coefficient (Wildman–Crippen LogP) is 6.10. The number of aliphatic imine (C=N–C) groups is 1. The zero-order chi connectivity index (χ0) is 34.1. The average Bonchev–Trinajstić information content (AvgIpc) is 3.29. The minimum absolute atomic E-state index is 0.0893. The van der Waals surface area contributed by atoms with Gasteiger partial charge in [-0.3, -0.25) is 14.6 Å². The van der Waals surface area contributed by atoms with Gasteiger partial charge in [0.2, 0.25) is 0 Å². The van der Waals surface area contributed by atoms with Gasteiger partial charge in [-0.05, 0) is 80.0 Å². The second-order valence-electron chi connectivity index (χ2n) is 14.4. The van der Waals surface area contributed by atoms with Crippen molar-refractivity contribution in [3.63, 3.8) is 0 Å². The number of hydrazine groups is 1. The maximum atomic E-state index is 14.3. The summed E-state index contributed by atoms with van der Waals surface area (Å²) < 4.78 is 14.2. The zero-order valence-corrected chi connectivity index (χ0v) is 28.7. The number of nitrogens with one attached hydrogen (secondary N) is 2. The number of amidine groups is 1. The predicted molar refractivity (Wildman–Crippen MR) is 185 cm³/mol. The van der Waals surface area contributed by atoms with Gasteiger partial charge in [0.25, 0.3) is 5.91 Å². The maximum absolute atomic E-state index is 14.3. The van der Waals surface area contributed by atoms with Crippen LogP contribution in [-0.4, -0.2) is 47.9 Å². The molecule has 0 radical (unpaired) electrons. The summed E-state index contributed by atoms with van der Waals surface area (Å²) in [6.07, 6.45) is 7.26. The number of hydrogen-bond donors (Lipinski definition) is 4. The lowest BCUT2D eigenvalue weighted by atomic mass is 9.67. The highest BCUT2D eigenvalue weighted by atomic mass is 19.1. The number of halogens is 1. The van der Waals surface area contributed by atoms with Gasteiger partial charge in [0.15, 0.2) is 0 Å². The molecular weight excluding hydrogens is 581 g/mol. The molecule has 9 nitrogen and oxygen atoms in total. The number of carbonyl (C=O) groups is 2. The lowest BCUT2D eigenvalue weighted by molar-refractivity contribution is -0.134. The van der Waals surface area contributed by atoms with Crippen molar-refractivity contribution in [2.45, 2.75) is 98.2 Å². The smallest absolute Gasteiger partial charge is 0.275 e. The Kier molecular flexibility index (Phi) is 12.6. The number of likely N-dealkylation sites (N-methyl/N-ethyl adjacent to an activating group) is 1. The number of amides is 1. The van der Waals surface area contributed by atoms with Crippen molar-refractivity contribution in [3.05, 3.63) is 71.0 Å². The number of nitrogens with two attached hydrogens (primary N) is 2. The van der Waals surface area contributed by atoms with Crippen molar-refractivity contribution < 1.29 is 14.0 Å². The number of aldehydes is 1. The van der Waals surface area contributed by atoms with E-state index < -0.39 is 5.66 Å². The molecule has 10 heteroatoms. The van der Waals surface area contributed by atoms with Crippen LogP contribution in [0.15, 0.2) is 58.6 Å². The summed E-state index contributed by atoms with van der Waals surface area (Å²) >= 11 is 0. The molecule has 2 aliphatic rings. The molecule has 46 heavy (non-hydrogen) atoms. The molecule has 6 N–H and O–H groups in total. The van der Waals surface area contributed by atoms with Crippen molar-refractivity contribution in [2.24, 2.45) is 38.4 Å². The molecule has 4 rings (SSSR count). The molecule has 0 bridgehead atoms. The van der Waals surface area contributed by atoms with Crippen LogP contribution in [0.2, 0.25) is 0 Å². The summed E-state index contributed by atoms with van der Waals surface area (Å²) in [6.45, 7) is 14.1. The highest BCUT2D eigenvalue weighted by Crippen LogP contribution is 2.51. The Morgan fingerprint density at radius 3 is 2.33 bits per heavy atom. The van der Waals surface area contributed by atoms with Crippen LogP contribution in [-0.2, 0) is 4.79 Å². The average molecular weight is 636 g/mol. The number of rotatable bonds is 11. The Hall–Kier alpha value is -3.63. The van der Waals surface area contributed by atoms with Gasteiger partial charge in [-0.15, -0.1) is 0 Å². The van der Waals surface area contributed by atoms with E-state index in [0.29, 0.717) is 35.1 Å². The minimum Gasteiger partial charge on any atom is -0.385 e. The molecule has 2 aromatic rings. The summed E-state index contributed by atoms with van der Waals surface area (Å²) in [5.74, 6) is 5.34. The van der Waals surface area contributed by atoms with Crippen molar-refractivity contribution in [3.8, 4) is 0 Å². The van der Waals surface area contributed by atoms with E-state index >= 15 is 0 Å². The normalized spacial score (nSPS) is 21.0. The molecule has 1 spiro atoms. The summed E-state index contributed by atoms with van der Waals surface area (Å²) in [7, 11) is 1.78. The third-order valence-corrected chi connectivity index (χ3v) is 9.59. The van der Waals surface area contributed by atoms with E-state index in [1.807, 2.05) is 29.2 Å². The van der Waals surface area contributed by atoms with E-state index in [4.69, 9.17) is 16.6 Å². The summed E-state index contributed by atoms with van der Waals surface area (Å²) in [4.78, 5) is 32.9. The first-order valence-corrected chi connectivity index (χ1v) is 16.4. The van der Waals surface area contributed by atoms with Gasteiger partial charge in [-0.2, -0.15) is 5.10 Å². The summed E-state index contributed by atoms with van der Waals surface area (Å²) in [5.41, 5.74) is 9.53. The van der Waals surface area contributed by atoms with E-state index in [0.717, 1.165) is 56.8 Å². The topological polar surface area (TPSA) is 138 Å². The second-order valence-corrected chi connectivity index (χ2v) is 14.4. The van der Waals surface area contributed by atoms with Crippen LogP contribution < -0.4 is 22.4 Å². The Morgan fingerprint density at radius 2 is 1.80 bits per heavy atom. The fourth-order valence-electron chi connectivity index (χ4n) is 6.49.